The smallest absolute Gasteiger partial charge is 0.253 e. The summed E-state index contributed by atoms with van der Waals surface area (Å²) in [7, 11) is 3.57. The summed E-state index contributed by atoms with van der Waals surface area (Å²) in [6, 6.07) is 7.98. The number of benzene rings is 1. The van der Waals surface area contributed by atoms with Crippen LogP contribution in [0.25, 0.3) is 0 Å². The molecule has 128 valence electrons. The van der Waals surface area contributed by atoms with E-state index in [1.165, 1.54) is 18.4 Å². The van der Waals surface area contributed by atoms with E-state index in [1.54, 1.807) is 31.6 Å². The molecule has 24 heavy (non-hydrogen) atoms. The largest absolute Gasteiger partial charge is 0.345 e. The van der Waals surface area contributed by atoms with Gasteiger partial charge in [-0.2, -0.15) is 5.10 Å². The maximum Gasteiger partial charge on any atom is 0.253 e. The van der Waals surface area contributed by atoms with Gasteiger partial charge in [-0.3, -0.25) is 14.4 Å². The first kappa shape index (κ1) is 16.6. The molecular formula is C18H25N5O. The van der Waals surface area contributed by atoms with Gasteiger partial charge in [-0.1, -0.05) is 12.1 Å². The fraction of sp³-hybridized carbons (Fsp3) is 0.500. The third kappa shape index (κ3) is 4.20. The minimum Gasteiger partial charge on any atom is -0.345 e. The molecule has 6 nitrogen and oxygen atoms in total. The van der Waals surface area contributed by atoms with Crippen molar-refractivity contribution in [2.75, 3.05) is 27.2 Å². The molecule has 3 rings (SSSR count). The van der Waals surface area contributed by atoms with Crippen molar-refractivity contribution < 1.29 is 4.79 Å². The average Bonchev–Trinajstić information content (AvgIpc) is 3.07. The Kier molecular flexibility index (Phi) is 5.25. The second-order valence-corrected chi connectivity index (χ2v) is 6.76. The van der Waals surface area contributed by atoms with Crippen molar-refractivity contribution in [1.82, 2.24) is 24.6 Å². The molecule has 0 saturated carbocycles. The molecule has 2 heterocycles. The van der Waals surface area contributed by atoms with E-state index in [0.29, 0.717) is 5.92 Å². The number of nitrogens with zero attached hydrogens (tertiary/aromatic N) is 5. The molecule has 0 aliphatic carbocycles. The highest BCUT2D eigenvalue weighted by atomic mass is 16.2. The van der Waals surface area contributed by atoms with Crippen LogP contribution in [-0.4, -0.2) is 57.7 Å². The summed E-state index contributed by atoms with van der Waals surface area (Å²) in [6.07, 6.45) is 5.81. The molecule has 2 aromatic rings. The van der Waals surface area contributed by atoms with Gasteiger partial charge in [-0.15, -0.1) is 0 Å². The molecule has 1 amide bonds. The van der Waals surface area contributed by atoms with Crippen LogP contribution in [0.1, 0.15) is 28.8 Å². The Hall–Kier alpha value is -2.21. The molecule has 1 aromatic heterocycles. The lowest BCUT2D eigenvalue weighted by Gasteiger charge is -2.32. The molecular weight excluding hydrogens is 302 g/mol. The van der Waals surface area contributed by atoms with E-state index in [9.17, 15) is 4.79 Å². The Morgan fingerprint density at radius 1 is 1.38 bits per heavy atom. The first-order chi connectivity index (χ1) is 11.6. The molecule has 1 saturated heterocycles. The summed E-state index contributed by atoms with van der Waals surface area (Å²) < 4.78 is 1.92. The van der Waals surface area contributed by atoms with Gasteiger partial charge in [0.25, 0.3) is 5.91 Å². The van der Waals surface area contributed by atoms with E-state index in [2.05, 4.69) is 21.0 Å². The first-order valence-corrected chi connectivity index (χ1v) is 8.47. The second kappa shape index (κ2) is 7.57. The van der Waals surface area contributed by atoms with Crippen molar-refractivity contribution in [2.45, 2.75) is 25.9 Å². The normalized spacial score (nSPS) is 18.5. The number of hydrogen-bond donors (Lipinski definition) is 0. The predicted octanol–water partition coefficient (Wildman–Crippen LogP) is 1.89. The number of likely N-dealkylation sites (tertiary alicyclic amines) is 1. The van der Waals surface area contributed by atoms with E-state index in [-0.39, 0.29) is 5.91 Å². The summed E-state index contributed by atoms with van der Waals surface area (Å²) in [4.78, 5) is 20.2. The fourth-order valence-corrected chi connectivity index (χ4v) is 3.35. The summed E-state index contributed by atoms with van der Waals surface area (Å²) in [5.74, 6) is 0.659. The van der Waals surface area contributed by atoms with Gasteiger partial charge in [0, 0.05) is 39.3 Å². The number of carbonyl (C=O) groups is 1. The molecule has 1 unspecified atom stereocenters. The van der Waals surface area contributed by atoms with Crippen LogP contribution in [-0.2, 0) is 13.1 Å². The molecule has 0 bridgehead atoms. The van der Waals surface area contributed by atoms with Crippen LogP contribution in [0.4, 0.5) is 0 Å². The zero-order chi connectivity index (χ0) is 16.9. The number of piperidine rings is 1. The Balaban J connectivity index is 1.61. The second-order valence-electron chi connectivity index (χ2n) is 6.76. The summed E-state index contributed by atoms with van der Waals surface area (Å²) >= 11 is 0. The minimum atomic E-state index is 0.0551. The highest BCUT2D eigenvalue weighted by Crippen LogP contribution is 2.20. The first-order valence-electron chi connectivity index (χ1n) is 8.47. The van der Waals surface area contributed by atoms with Crippen molar-refractivity contribution in [3.05, 3.63) is 48.0 Å². The molecule has 0 radical (unpaired) electrons. The highest BCUT2D eigenvalue weighted by molar-refractivity contribution is 5.94. The molecule has 0 spiro atoms. The molecule has 6 heteroatoms. The Morgan fingerprint density at radius 2 is 2.25 bits per heavy atom. The quantitative estimate of drug-likeness (QED) is 0.841. The standard InChI is InChI=1S/C18H25N5O/c1-21(2)18(24)17-7-3-5-15(9-17)10-22-8-4-6-16(11-22)12-23-14-19-13-20-23/h3,5,7,9,13-14,16H,4,6,8,10-12H2,1-2H3. The zero-order valence-corrected chi connectivity index (χ0v) is 14.4. The van der Waals surface area contributed by atoms with E-state index in [0.717, 1.165) is 31.7 Å². The molecule has 1 aromatic carbocycles. The van der Waals surface area contributed by atoms with Crippen LogP contribution >= 0.6 is 0 Å². The summed E-state index contributed by atoms with van der Waals surface area (Å²) in [5.41, 5.74) is 1.96. The third-order valence-corrected chi connectivity index (χ3v) is 4.50. The predicted molar refractivity (Wildman–Crippen MR) is 92.5 cm³/mol. The number of hydrogen-bond acceptors (Lipinski definition) is 4. The monoisotopic (exact) mass is 327 g/mol. The van der Waals surface area contributed by atoms with Crippen LogP contribution in [0.5, 0.6) is 0 Å². The topological polar surface area (TPSA) is 54.3 Å². The number of aromatic nitrogens is 3. The van der Waals surface area contributed by atoms with Crippen LogP contribution < -0.4 is 0 Å². The van der Waals surface area contributed by atoms with Crippen LogP contribution in [0, 0.1) is 5.92 Å². The molecule has 1 aliphatic rings. The SMILES string of the molecule is CN(C)C(=O)c1cccc(CN2CCCC(Cn3cncn3)C2)c1. The van der Waals surface area contributed by atoms with Crippen LogP contribution in [0.3, 0.4) is 0 Å². The average molecular weight is 327 g/mol. The van der Waals surface area contributed by atoms with Gasteiger partial charge in [0.2, 0.25) is 0 Å². The lowest BCUT2D eigenvalue weighted by molar-refractivity contribution is 0.0827. The maximum atomic E-state index is 12.1. The van der Waals surface area contributed by atoms with Crippen molar-refractivity contribution in [2.24, 2.45) is 5.92 Å². The van der Waals surface area contributed by atoms with E-state index in [4.69, 9.17) is 0 Å². The Bertz CT molecular complexity index is 668. The molecule has 1 atom stereocenters. The van der Waals surface area contributed by atoms with Gasteiger partial charge in [-0.25, -0.2) is 4.98 Å². The van der Waals surface area contributed by atoms with Crippen molar-refractivity contribution in [1.29, 1.82) is 0 Å². The van der Waals surface area contributed by atoms with Crippen LogP contribution in [0.15, 0.2) is 36.9 Å². The Labute approximate surface area is 143 Å². The van der Waals surface area contributed by atoms with Gasteiger partial charge in [0.15, 0.2) is 0 Å². The van der Waals surface area contributed by atoms with Gasteiger partial charge in [0.05, 0.1) is 0 Å². The van der Waals surface area contributed by atoms with E-state index in [1.807, 2.05) is 22.9 Å². The molecule has 0 N–H and O–H groups in total. The number of amides is 1. The van der Waals surface area contributed by atoms with E-state index >= 15 is 0 Å². The third-order valence-electron chi connectivity index (χ3n) is 4.50. The van der Waals surface area contributed by atoms with Crippen molar-refractivity contribution >= 4 is 5.91 Å². The lowest BCUT2D eigenvalue weighted by atomic mass is 9.97. The molecule has 1 aliphatic heterocycles. The maximum absolute atomic E-state index is 12.1. The zero-order valence-electron chi connectivity index (χ0n) is 14.4. The fourth-order valence-electron chi connectivity index (χ4n) is 3.35. The van der Waals surface area contributed by atoms with Gasteiger partial charge < -0.3 is 4.90 Å². The van der Waals surface area contributed by atoms with Gasteiger partial charge in [0.1, 0.15) is 12.7 Å². The molecule has 1 fully saturated rings. The Morgan fingerprint density at radius 3 is 3.00 bits per heavy atom. The number of carbonyl (C=O) groups excluding carboxylic acids is 1. The lowest BCUT2D eigenvalue weighted by Crippen LogP contribution is -2.36. The summed E-state index contributed by atoms with van der Waals surface area (Å²) in [6.45, 7) is 3.99. The van der Waals surface area contributed by atoms with Crippen LogP contribution in [0.2, 0.25) is 0 Å². The van der Waals surface area contributed by atoms with Crippen molar-refractivity contribution in [3.63, 3.8) is 0 Å². The highest BCUT2D eigenvalue weighted by Gasteiger charge is 2.21. The van der Waals surface area contributed by atoms with Gasteiger partial charge >= 0.3 is 0 Å². The number of rotatable bonds is 5. The van der Waals surface area contributed by atoms with Crippen molar-refractivity contribution in [3.8, 4) is 0 Å². The minimum absolute atomic E-state index is 0.0551. The van der Waals surface area contributed by atoms with E-state index < -0.39 is 0 Å². The van der Waals surface area contributed by atoms with Gasteiger partial charge in [-0.05, 0) is 43.0 Å². The summed E-state index contributed by atoms with van der Waals surface area (Å²) in [5, 5.41) is 4.21.